The van der Waals surface area contributed by atoms with Crippen molar-refractivity contribution in [2.45, 2.75) is 5.16 Å². The number of carbonyl (C=O) groups excluding carboxylic acids is 1. The topological polar surface area (TPSA) is 78.3 Å². The van der Waals surface area contributed by atoms with Crippen LogP contribution in [0.4, 0.5) is 5.69 Å². The molecule has 0 bridgehead atoms. The molecule has 1 amide bonds. The maximum Gasteiger partial charge on any atom is 0.234 e. The molecular formula is C22H20N4O3S. The Morgan fingerprint density at radius 1 is 1.07 bits per heavy atom. The van der Waals surface area contributed by atoms with Crippen molar-refractivity contribution in [2.75, 3.05) is 25.3 Å². The van der Waals surface area contributed by atoms with Gasteiger partial charge >= 0.3 is 0 Å². The van der Waals surface area contributed by atoms with Crippen LogP contribution >= 0.6 is 11.8 Å². The van der Waals surface area contributed by atoms with Crippen LogP contribution in [0.5, 0.6) is 11.5 Å². The maximum atomic E-state index is 12.5. The highest BCUT2D eigenvalue weighted by molar-refractivity contribution is 7.99. The van der Waals surface area contributed by atoms with Crippen LogP contribution in [0.3, 0.4) is 0 Å². The number of hydrogen-bond donors (Lipinski definition) is 1. The van der Waals surface area contributed by atoms with E-state index in [9.17, 15) is 4.79 Å². The number of aromatic nitrogens is 3. The van der Waals surface area contributed by atoms with Crippen molar-refractivity contribution in [3.63, 3.8) is 0 Å². The van der Waals surface area contributed by atoms with Crippen molar-refractivity contribution in [3.8, 4) is 17.2 Å². The normalized spacial score (nSPS) is 10.7. The summed E-state index contributed by atoms with van der Waals surface area (Å²) in [6.45, 7) is 0. The third kappa shape index (κ3) is 4.08. The summed E-state index contributed by atoms with van der Waals surface area (Å²) in [6, 6.07) is 18.6. The minimum Gasteiger partial charge on any atom is -0.497 e. The zero-order valence-corrected chi connectivity index (χ0v) is 17.3. The van der Waals surface area contributed by atoms with Gasteiger partial charge in [0, 0.05) is 18.0 Å². The van der Waals surface area contributed by atoms with E-state index in [1.54, 1.807) is 26.5 Å². The van der Waals surface area contributed by atoms with E-state index in [0.717, 1.165) is 11.2 Å². The Morgan fingerprint density at radius 3 is 2.77 bits per heavy atom. The van der Waals surface area contributed by atoms with Crippen molar-refractivity contribution in [1.82, 2.24) is 14.5 Å². The first kappa shape index (κ1) is 19.8. The van der Waals surface area contributed by atoms with E-state index in [2.05, 4.69) is 15.3 Å². The Hall–Kier alpha value is -3.52. The fraction of sp³-hybridized carbons (Fsp3) is 0.136. The smallest absolute Gasteiger partial charge is 0.234 e. The number of ether oxygens (including phenoxy) is 2. The lowest BCUT2D eigenvalue weighted by Gasteiger charge is -2.12. The molecule has 0 atom stereocenters. The summed E-state index contributed by atoms with van der Waals surface area (Å²) >= 11 is 1.34. The second-order valence-electron chi connectivity index (χ2n) is 6.32. The largest absolute Gasteiger partial charge is 0.497 e. The molecule has 1 N–H and O–H groups in total. The number of amides is 1. The van der Waals surface area contributed by atoms with Gasteiger partial charge in [-0.25, -0.2) is 9.97 Å². The molecule has 2 aromatic heterocycles. The molecule has 152 valence electrons. The highest BCUT2D eigenvalue weighted by atomic mass is 32.2. The standard InChI is InChI=1S/C22H20N4O3S/c1-28-16-8-5-7-15(13-16)24-20(27)14-30-22-25-17-9-6-12-23-21(17)26(22)18-10-3-4-11-19(18)29-2/h3-13H,14H2,1-2H3,(H,24,27). The molecule has 2 aromatic carbocycles. The van der Waals surface area contributed by atoms with E-state index in [0.29, 0.717) is 28.0 Å². The van der Waals surface area contributed by atoms with Crippen molar-refractivity contribution in [2.24, 2.45) is 0 Å². The number of thioether (sulfide) groups is 1. The summed E-state index contributed by atoms with van der Waals surface area (Å²) in [5, 5.41) is 3.55. The minimum absolute atomic E-state index is 0.139. The molecule has 0 saturated heterocycles. The predicted octanol–water partition coefficient (Wildman–Crippen LogP) is 4.17. The average molecular weight is 420 g/mol. The summed E-state index contributed by atoms with van der Waals surface area (Å²) in [5.74, 6) is 1.44. The van der Waals surface area contributed by atoms with Gasteiger partial charge in [0.15, 0.2) is 10.8 Å². The van der Waals surface area contributed by atoms with Gasteiger partial charge in [-0.05, 0) is 36.4 Å². The van der Waals surface area contributed by atoms with Crippen LogP contribution in [0.1, 0.15) is 0 Å². The van der Waals surface area contributed by atoms with E-state index < -0.39 is 0 Å². The lowest BCUT2D eigenvalue weighted by atomic mass is 10.3. The zero-order chi connectivity index (χ0) is 20.9. The first-order valence-corrected chi connectivity index (χ1v) is 10.2. The Labute approximate surface area is 178 Å². The maximum absolute atomic E-state index is 12.5. The molecule has 7 nitrogen and oxygen atoms in total. The first-order valence-electron chi connectivity index (χ1n) is 9.23. The molecule has 8 heteroatoms. The molecule has 0 unspecified atom stereocenters. The lowest BCUT2D eigenvalue weighted by Crippen LogP contribution is -2.14. The van der Waals surface area contributed by atoms with Gasteiger partial charge in [0.2, 0.25) is 5.91 Å². The third-order valence-corrected chi connectivity index (χ3v) is 5.34. The number of rotatable bonds is 7. The van der Waals surface area contributed by atoms with Gasteiger partial charge in [-0.3, -0.25) is 9.36 Å². The van der Waals surface area contributed by atoms with Crippen LogP contribution in [-0.2, 0) is 4.79 Å². The quantitative estimate of drug-likeness (QED) is 0.452. The highest BCUT2D eigenvalue weighted by Gasteiger charge is 2.18. The third-order valence-electron chi connectivity index (χ3n) is 4.40. The van der Waals surface area contributed by atoms with Crippen LogP contribution in [0, 0.1) is 0 Å². The number of nitrogens with zero attached hydrogens (tertiary/aromatic N) is 3. The molecule has 0 aliphatic rings. The number of anilines is 1. The minimum atomic E-state index is -0.139. The number of imidazole rings is 1. The molecule has 0 radical (unpaired) electrons. The van der Waals surface area contributed by atoms with E-state index in [4.69, 9.17) is 9.47 Å². The molecular weight excluding hydrogens is 400 g/mol. The van der Waals surface area contributed by atoms with E-state index in [-0.39, 0.29) is 11.7 Å². The average Bonchev–Trinajstić information content (AvgIpc) is 3.16. The van der Waals surface area contributed by atoms with Gasteiger partial charge in [0.05, 0.1) is 25.7 Å². The number of carbonyl (C=O) groups is 1. The van der Waals surface area contributed by atoms with Gasteiger partial charge < -0.3 is 14.8 Å². The van der Waals surface area contributed by atoms with Crippen LogP contribution in [0.25, 0.3) is 16.9 Å². The number of fused-ring (bicyclic) bond motifs is 1. The van der Waals surface area contributed by atoms with Crippen molar-refractivity contribution in [3.05, 3.63) is 66.9 Å². The molecule has 0 fully saturated rings. The number of hydrogen-bond acceptors (Lipinski definition) is 6. The number of benzene rings is 2. The zero-order valence-electron chi connectivity index (χ0n) is 16.5. The Kier molecular flexibility index (Phi) is 5.85. The molecule has 0 aliphatic carbocycles. The first-order chi connectivity index (χ1) is 14.7. The van der Waals surface area contributed by atoms with E-state index >= 15 is 0 Å². The highest BCUT2D eigenvalue weighted by Crippen LogP contribution is 2.31. The van der Waals surface area contributed by atoms with Gasteiger partial charge in [-0.1, -0.05) is 30.0 Å². The summed E-state index contributed by atoms with van der Waals surface area (Å²) in [7, 11) is 3.22. The summed E-state index contributed by atoms with van der Waals surface area (Å²) in [4.78, 5) is 21.7. The van der Waals surface area contributed by atoms with E-state index in [1.165, 1.54) is 11.8 Å². The lowest BCUT2D eigenvalue weighted by molar-refractivity contribution is -0.113. The second kappa shape index (κ2) is 8.87. The fourth-order valence-electron chi connectivity index (χ4n) is 3.05. The summed E-state index contributed by atoms with van der Waals surface area (Å²) in [5.41, 5.74) is 2.95. The van der Waals surface area contributed by atoms with Gasteiger partial charge in [0.1, 0.15) is 17.0 Å². The number of nitrogens with one attached hydrogen (secondary N) is 1. The van der Waals surface area contributed by atoms with Crippen LogP contribution in [-0.4, -0.2) is 40.4 Å². The molecule has 30 heavy (non-hydrogen) atoms. The molecule has 0 spiro atoms. The molecule has 4 aromatic rings. The Morgan fingerprint density at radius 2 is 1.93 bits per heavy atom. The number of pyridine rings is 1. The number of para-hydroxylation sites is 2. The monoisotopic (exact) mass is 420 g/mol. The fourth-order valence-corrected chi connectivity index (χ4v) is 3.86. The molecule has 2 heterocycles. The molecule has 0 aliphatic heterocycles. The van der Waals surface area contributed by atoms with Crippen molar-refractivity contribution in [1.29, 1.82) is 0 Å². The van der Waals surface area contributed by atoms with Crippen molar-refractivity contribution < 1.29 is 14.3 Å². The van der Waals surface area contributed by atoms with E-state index in [1.807, 2.05) is 59.2 Å². The van der Waals surface area contributed by atoms with Crippen LogP contribution in [0.15, 0.2) is 72.0 Å². The van der Waals surface area contributed by atoms with Crippen molar-refractivity contribution >= 4 is 34.5 Å². The predicted molar refractivity (Wildman–Crippen MR) is 118 cm³/mol. The second-order valence-corrected chi connectivity index (χ2v) is 7.26. The Balaban J connectivity index is 1.60. The van der Waals surface area contributed by atoms with Gasteiger partial charge in [-0.15, -0.1) is 0 Å². The molecule has 4 rings (SSSR count). The summed E-state index contributed by atoms with van der Waals surface area (Å²) in [6.07, 6.45) is 1.72. The van der Waals surface area contributed by atoms with Gasteiger partial charge in [0.25, 0.3) is 0 Å². The summed E-state index contributed by atoms with van der Waals surface area (Å²) < 4.78 is 12.6. The Bertz CT molecular complexity index is 1190. The van der Waals surface area contributed by atoms with Gasteiger partial charge in [-0.2, -0.15) is 0 Å². The van der Waals surface area contributed by atoms with Crippen LogP contribution < -0.4 is 14.8 Å². The molecule has 0 saturated carbocycles. The van der Waals surface area contributed by atoms with Crippen LogP contribution in [0.2, 0.25) is 0 Å². The number of methoxy groups -OCH3 is 2. The SMILES string of the molecule is COc1cccc(NC(=O)CSc2nc3cccnc3n2-c2ccccc2OC)c1.